The molecule has 196 valence electrons. The summed E-state index contributed by atoms with van der Waals surface area (Å²) in [5.74, 6) is -0.532. The molecule has 1 N–H and O–H groups in total. The molecular formula is C28H32N2O7. The summed E-state index contributed by atoms with van der Waals surface area (Å²) < 4.78 is 22.4. The molecule has 0 unspecified atom stereocenters. The van der Waals surface area contributed by atoms with Gasteiger partial charge in [-0.3, -0.25) is 9.59 Å². The summed E-state index contributed by atoms with van der Waals surface area (Å²) >= 11 is 0. The average Bonchev–Trinajstić information content (AvgIpc) is 3.47. The highest BCUT2D eigenvalue weighted by atomic mass is 16.5. The van der Waals surface area contributed by atoms with Gasteiger partial charge in [0.15, 0.2) is 34.4 Å². The quantitative estimate of drug-likeness (QED) is 0.381. The molecule has 0 saturated carbocycles. The van der Waals surface area contributed by atoms with Gasteiger partial charge in [0.1, 0.15) is 0 Å². The van der Waals surface area contributed by atoms with Crippen molar-refractivity contribution in [3.8, 4) is 17.2 Å². The molecule has 1 atom stereocenters. The number of benzene rings is 2. The Kier molecular flexibility index (Phi) is 7.73. The van der Waals surface area contributed by atoms with Gasteiger partial charge in [-0.15, -0.1) is 0 Å². The second-order valence-electron chi connectivity index (χ2n) is 8.59. The smallest absolute Gasteiger partial charge is 0.290 e. The fourth-order valence-corrected chi connectivity index (χ4v) is 4.80. The summed E-state index contributed by atoms with van der Waals surface area (Å²) in [7, 11) is 4.53. The Bertz CT molecular complexity index is 1340. The molecular weight excluding hydrogens is 476 g/mol. The van der Waals surface area contributed by atoms with E-state index in [1.165, 1.54) is 26.2 Å². The zero-order valence-electron chi connectivity index (χ0n) is 21.7. The minimum absolute atomic E-state index is 0.00805. The van der Waals surface area contributed by atoms with E-state index in [2.05, 4.69) is 4.90 Å². The van der Waals surface area contributed by atoms with Crippen molar-refractivity contribution in [2.45, 2.75) is 19.9 Å². The number of para-hydroxylation sites is 2. The van der Waals surface area contributed by atoms with Crippen LogP contribution in [0.5, 0.6) is 17.2 Å². The van der Waals surface area contributed by atoms with Crippen molar-refractivity contribution in [2.75, 3.05) is 47.5 Å². The van der Waals surface area contributed by atoms with Gasteiger partial charge in [-0.25, -0.2) is 0 Å². The average molecular weight is 509 g/mol. The van der Waals surface area contributed by atoms with Gasteiger partial charge < -0.3 is 33.5 Å². The van der Waals surface area contributed by atoms with Crippen LogP contribution in [0.3, 0.4) is 0 Å². The lowest BCUT2D eigenvalue weighted by molar-refractivity contribution is -0.129. The van der Waals surface area contributed by atoms with Crippen LogP contribution in [0, 0.1) is 0 Å². The molecule has 0 bridgehead atoms. The molecule has 0 saturated heterocycles. The number of aliphatic hydroxyl groups is 1. The van der Waals surface area contributed by atoms with Crippen molar-refractivity contribution in [1.82, 2.24) is 9.80 Å². The fraction of sp³-hybridized carbons (Fsp3) is 0.357. The van der Waals surface area contributed by atoms with E-state index in [4.69, 9.17) is 18.6 Å². The molecule has 0 aliphatic carbocycles. The number of furan rings is 1. The van der Waals surface area contributed by atoms with Gasteiger partial charge in [0.2, 0.25) is 5.78 Å². The molecule has 4 rings (SSSR count). The molecule has 0 fully saturated rings. The van der Waals surface area contributed by atoms with Crippen molar-refractivity contribution in [3.05, 3.63) is 65.1 Å². The van der Waals surface area contributed by atoms with Gasteiger partial charge in [-0.1, -0.05) is 38.1 Å². The predicted octanol–water partition coefficient (Wildman–Crippen LogP) is 4.38. The van der Waals surface area contributed by atoms with Gasteiger partial charge in [-0.05, 0) is 31.3 Å². The third kappa shape index (κ3) is 4.62. The van der Waals surface area contributed by atoms with Crippen LogP contribution in [0.2, 0.25) is 0 Å². The normalized spacial score (nSPS) is 15.7. The third-order valence-corrected chi connectivity index (χ3v) is 6.78. The number of carbonyl (C=O) groups is 2. The van der Waals surface area contributed by atoms with E-state index < -0.39 is 23.5 Å². The molecule has 9 nitrogen and oxygen atoms in total. The maximum absolute atomic E-state index is 13.9. The first-order valence-electron chi connectivity index (χ1n) is 12.2. The number of ether oxygens (including phenoxy) is 3. The Hall–Kier alpha value is -3.98. The van der Waals surface area contributed by atoms with Gasteiger partial charge in [0.25, 0.3) is 5.91 Å². The van der Waals surface area contributed by atoms with Gasteiger partial charge >= 0.3 is 0 Å². The van der Waals surface area contributed by atoms with Crippen LogP contribution in [-0.4, -0.2) is 74.1 Å². The summed E-state index contributed by atoms with van der Waals surface area (Å²) in [6.45, 7) is 6.55. The number of ketones is 1. The molecule has 1 aliphatic rings. The van der Waals surface area contributed by atoms with E-state index in [1.807, 2.05) is 13.8 Å². The lowest BCUT2D eigenvalue weighted by atomic mass is 9.94. The minimum atomic E-state index is -0.907. The molecule has 1 aliphatic heterocycles. The van der Waals surface area contributed by atoms with Crippen LogP contribution in [0.25, 0.3) is 11.0 Å². The van der Waals surface area contributed by atoms with E-state index in [1.54, 1.807) is 42.5 Å². The number of amides is 1. The Morgan fingerprint density at radius 1 is 1.03 bits per heavy atom. The van der Waals surface area contributed by atoms with E-state index in [-0.39, 0.29) is 11.3 Å². The summed E-state index contributed by atoms with van der Waals surface area (Å²) in [4.78, 5) is 30.9. The molecule has 0 radical (unpaired) electrons. The number of hydrogen-bond acceptors (Lipinski definition) is 8. The highest BCUT2D eigenvalue weighted by Gasteiger charge is 2.46. The first-order chi connectivity index (χ1) is 17.9. The zero-order valence-corrected chi connectivity index (χ0v) is 21.7. The van der Waals surface area contributed by atoms with Crippen molar-refractivity contribution in [3.63, 3.8) is 0 Å². The monoisotopic (exact) mass is 508 g/mol. The van der Waals surface area contributed by atoms with Crippen LogP contribution in [-0.2, 0) is 4.79 Å². The summed E-state index contributed by atoms with van der Waals surface area (Å²) in [6.07, 6.45) is 0. The highest BCUT2D eigenvalue weighted by molar-refractivity contribution is 6.16. The van der Waals surface area contributed by atoms with Crippen LogP contribution in [0.4, 0.5) is 0 Å². The fourth-order valence-electron chi connectivity index (χ4n) is 4.80. The lowest BCUT2D eigenvalue weighted by Gasteiger charge is -2.30. The van der Waals surface area contributed by atoms with E-state index >= 15 is 0 Å². The van der Waals surface area contributed by atoms with Crippen LogP contribution < -0.4 is 14.2 Å². The first kappa shape index (κ1) is 26.1. The summed E-state index contributed by atoms with van der Waals surface area (Å²) in [6, 6.07) is 11.2. The molecule has 0 spiro atoms. The van der Waals surface area contributed by atoms with Gasteiger partial charge in [0.05, 0.1) is 32.9 Å². The van der Waals surface area contributed by atoms with Crippen molar-refractivity contribution < 1.29 is 33.3 Å². The molecule has 1 aromatic heterocycles. The van der Waals surface area contributed by atoms with Gasteiger partial charge in [-0.2, -0.15) is 0 Å². The SMILES string of the molecule is CCN(CC)CCN1C(=O)C(O)=C(C(=O)c2cc3cccc(OC)c3o2)[C@H]1c1cccc(OC)c1OC. The second kappa shape index (κ2) is 11.0. The number of aliphatic hydroxyl groups excluding tert-OH is 1. The minimum Gasteiger partial charge on any atom is -0.503 e. The van der Waals surface area contributed by atoms with E-state index in [0.29, 0.717) is 46.9 Å². The predicted molar refractivity (Wildman–Crippen MR) is 139 cm³/mol. The maximum atomic E-state index is 13.9. The standard InChI is InChI=1S/C28H32N2O7/c1-6-29(7-2)14-15-30-23(18-11-9-13-20(35-4)27(18)36-5)22(25(32)28(30)33)24(31)21-16-17-10-8-12-19(34-3)26(17)37-21/h8-13,16,23,32H,6-7,14-15H2,1-5H3/t23-/m1/s1. The van der Waals surface area contributed by atoms with E-state index in [0.717, 1.165) is 13.1 Å². The van der Waals surface area contributed by atoms with Crippen LogP contribution in [0.15, 0.2) is 58.2 Å². The number of likely N-dealkylation sites (N-methyl/N-ethyl adjacent to an activating group) is 1. The number of fused-ring (bicyclic) bond motifs is 1. The zero-order chi connectivity index (χ0) is 26.7. The molecule has 3 aromatic rings. The number of hydrogen-bond donors (Lipinski definition) is 1. The number of nitrogens with zero attached hydrogens (tertiary/aromatic N) is 2. The third-order valence-electron chi connectivity index (χ3n) is 6.78. The topological polar surface area (TPSA) is 102 Å². The molecule has 1 amide bonds. The van der Waals surface area contributed by atoms with Crippen molar-refractivity contribution >= 4 is 22.7 Å². The number of carbonyl (C=O) groups excluding carboxylic acids is 2. The molecule has 9 heteroatoms. The summed E-state index contributed by atoms with van der Waals surface area (Å²) in [5.41, 5.74) is 0.858. The Balaban J connectivity index is 1.84. The number of rotatable bonds is 11. The second-order valence-corrected chi connectivity index (χ2v) is 8.59. The Morgan fingerprint density at radius 2 is 1.70 bits per heavy atom. The molecule has 37 heavy (non-hydrogen) atoms. The molecule has 2 heterocycles. The summed E-state index contributed by atoms with van der Waals surface area (Å²) in [5, 5.41) is 11.7. The molecule has 2 aromatic carbocycles. The Labute approximate surface area is 215 Å². The van der Waals surface area contributed by atoms with Crippen molar-refractivity contribution in [2.24, 2.45) is 0 Å². The largest absolute Gasteiger partial charge is 0.503 e. The van der Waals surface area contributed by atoms with Crippen LogP contribution >= 0.6 is 0 Å². The highest BCUT2D eigenvalue weighted by Crippen LogP contribution is 2.45. The van der Waals surface area contributed by atoms with Crippen molar-refractivity contribution in [1.29, 1.82) is 0 Å². The number of methoxy groups -OCH3 is 3. The van der Waals surface area contributed by atoms with Gasteiger partial charge in [0, 0.05) is 24.0 Å². The maximum Gasteiger partial charge on any atom is 0.290 e. The lowest BCUT2D eigenvalue weighted by Crippen LogP contribution is -2.38. The van der Waals surface area contributed by atoms with E-state index in [9.17, 15) is 14.7 Å². The first-order valence-corrected chi connectivity index (χ1v) is 12.2. The Morgan fingerprint density at radius 3 is 2.35 bits per heavy atom. The number of Topliss-reactive ketones (excluding diaryl/α,β-unsaturated/α-hetero) is 1. The van der Waals surface area contributed by atoms with Crippen LogP contribution in [0.1, 0.15) is 36.0 Å².